The minimum atomic E-state index is 0.101. The Morgan fingerprint density at radius 3 is 2.60 bits per heavy atom. The lowest BCUT2D eigenvalue weighted by Crippen LogP contribution is -2.47. The van der Waals surface area contributed by atoms with E-state index in [-0.39, 0.29) is 11.5 Å². The summed E-state index contributed by atoms with van der Waals surface area (Å²) < 4.78 is 0. The third-order valence-corrected chi connectivity index (χ3v) is 6.58. The van der Waals surface area contributed by atoms with Crippen molar-refractivity contribution in [3.8, 4) is 0 Å². The number of nitrogens with one attached hydrogen (secondary N) is 2. The highest BCUT2D eigenvalue weighted by atomic mass is 35.5. The predicted octanol–water partition coefficient (Wildman–Crippen LogP) is 5.98. The second-order valence-corrected chi connectivity index (χ2v) is 8.19. The van der Waals surface area contributed by atoms with Crippen LogP contribution in [-0.2, 0) is 5.54 Å². The van der Waals surface area contributed by atoms with E-state index < -0.39 is 0 Å². The molecule has 5 rings (SSSR count). The van der Waals surface area contributed by atoms with E-state index in [0.717, 1.165) is 17.1 Å². The number of hydrogen-bond acceptors (Lipinski definition) is 1. The molecule has 2 nitrogen and oxygen atoms in total. The number of aromatic amines is 1. The fraction of sp³-hybridized carbons (Fsp3) is 0.333. The van der Waals surface area contributed by atoms with Crippen molar-refractivity contribution in [3.05, 3.63) is 69.3 Å². The number of rotatable bonds is 1. The second kappa shape index (κ2) is 5.77. The molecule has 1 atom stereocenters. The molecule has 0 unspecified atom stereocenters. The van der Waals surface area contributed by atoms with Crippen LogP contribution in [0.4, 0.5) is 0 Å². The molecule has 1 aromatic heterocycles. The highest BCUT2D eigenvalue weighted by Gasteiger charge is 2.44. The lowest BCUT2D eigenvalue weighted by atomic mass is 9.78. The second-order valence-electron chi connectivity index (χ2n) is 7.35. The van der Waals surface area contributed by atoms with Crippen LogP contribution in [0.15, 0.2) is 42.5 Å². The normalized spacial score (nSPS) is 21.8. The molecule has 2 N–H and O–H groups in total. The third kappa shape index (κ3) is 2.35. The lowest BCUT2D eigenvalue weighted by Gasteiger charge is -2.39. The molecule has 0 saturated heterocycles. The Balaban J connectivity index is 1.75. The molecule has 0 radical (unpaired) electrons. The van der Waals surface area contributed by atoms with Crippen LogP contribution in [0.5, 0.6) is 0 Å². The topological polar surface area (TPSA) is 27.8 Å². The average Bonchev–Trinajstić information content (AvgIpc) is 3.22. The van der Waals surface area contributed by atoms with Gasteiger partial charge in [0, 0.05) is 39.1 Å². The molecule has 0 bridgehead atoms. The fourth-order valence-electron chi connectivity index (χ4n) is 4.85. The molecule has 1 aliphatic heterocycles. The number of halogens is 2. The van der Waals surface area contributed by atoms with Gasteiger partial charge in [0.25, 0.3) is 0 Å². The SMILES string of the molecule is Clc1ccc([C@H]2CNC3(CCCC3)c3[nH]c4ccccc4c32)c(Cl)c1. The fourth-order valence-corrected chi connectivity index (χ4v) is 5.39. The summed E-state index contributed by atoms with van der Waals surface area (Å²) in [6.07, 6.45) is 4.98. The predicted molar refractivity (Wildman–Crippen MR) is 105 cm³/mol. The van der Waals surface area contributed by atoms with Crippen molar-refractivity contribution in [2.45, 2.75) is 37.1 Å². The molecule has 1 aliphatic carbocycles. The molecule has 2 aromatic carbocycles. The van der Waals surface area contributed by atoms with Crippen LogP contribution in [0.2, 0.25) is 10.0 Å². The first-order valence-electron chi connectivity index (χ1n) is 8.99. The lowest BCUT2D eigenvalue weighted by molar-refractivity contribution is 0.306. The van der Waals surface area contributed by atoms with E-state index in [1.165, 1.54) is 47.8 Å². The van der Waals surface area contributed by atoms with E-state index in [2.05, 4.69) is 40.6 Å². The molecular formula is C21H20Cl2N2. The van der Waals surface area contributed by atoms with E-state index in [4.69, 9.17) is 23.2 Å². The van der Waals surface area contributed by atoms with Gasteiger partial charge in [0.2, 0.25) is 0 Å². The zero-order valence-corrected chi connectivity index (χ0v) is 15.4. The number of aromatic nitrogens is 1. The summed E-state index contributed by atoms with van der Waals surface area (Å²) in [5.74, 6) is 0.238. The van der Waals surface area contributed by atoms with E-state index in [1.807, 2.05) is 12.1 Å². The zero-order valence-electron chi connectivity index (χ0n) is 13.9. The summed E-state index contributed by atoms with van der Waals surface area (Å²) in [6.45, 7) is 0.913. The summed E-state index contributed by atoms with van der Waals surface area (Å²) in [7, 11) is 0. The number of fused-ring (bicyclic) bond motifs is 4. The quantitative estimate of drug-likeness (QED) is 0.541. The number of benzene rings is 2. The van der Waals surface area contributed by atoms with Crippen LogP contribution in [0, 0.1) is 0 Å². The summed E-state index contributed by atoms with van der Waals surface area (Å²) in [4.78, 5) is 3.75. The molecule has 0 amide bonds. The summed E-state index contributed by atoms with van der Waals surface area (Å²) in [5, 5.41) is 6.63. The number of para-hydroxylation sites is 1. The van der Waals surface area contributed by atoms with Crippen molar-refractivity contribution < 1.29 is 0 Å². The van der Waals surface area contributed by atoms with Crippen LogP contribution >= 0.6 is 23.2 Å². The molecule has 1 spiro atoms. The van der Waals surface area contributed by atoms with Gasteiger partial charge < -0.3 is 10.3 Å². The maximum Gasteiger partial charge on any atom is 0.0590 e. The van der Waals surface area contributed by atoms with Gasteiger partial charge in [-0.3, -0.25) is 0 Å². The van der Waals surface area contributed by atoms with E-state index in [1.54, 1.807) is 0 Å². The molecular weight excluding hydrogens is 351 g/mol. The minimum absolute atomic E-state index is 0.101. The smallest absolute Gasteiger partial charge is 0.0590 e. The summed E-state index contributed by atoms with van der Waals surface area (Å²) >= 11 is 12.7. The van der Waals surface area contributed by atoms with Gasteiger partial charge in [-0.25, -0.2) is 0 Å². The molecule has 2 heterocycles. The first-order valence-corrected chi connectivity index (χ1v) is 9.75. The van der Waals surface area contributed by atoms with Crippen molar-refractivity contribution in [3.63, 3.8) is 0 Å². The van der Waals surface area contributed by atoms with Crippen molar-refractivity contribution in [1.29, 1.82) is 0 Å². The Bertz CT molecular complexity index is 954. The highest BCUT2D eigenvalue weighted by molar-refractivity contribution is 6.35. The van der Waals surface area contributed by atoms with Crippen LogP contribution < -0.4 is 5.32 Å². The number of H-pyrrole nitrogens is 1. The molecule has 2 aliphatic rings. The molecule has 128 valence electrons. The van der Waals surface area contributed by atoms with Gasteiger partial charge in [0.1, 0.15) is 0 Å². The highest BCUT2D eigenvalue weighted by Crippen LogP contribution is 2.49. The molecule has 1 fully saturated rings. The largest absolute Gasteiger partial charge is 0.357 e. The maximum atomic E-state index is 6.58. The van der Waals surface area contributed by atoms with E-state index >= 15 is 0 Å². The van der Waals surface area contributed by atoms with Crippen molar-refractivity contribution in [2.75, 3.05) is 6.54 Å². The van der Waals surface area contributed by atoms with E-state index in [0.29, 0.717) is 5.02 Å². The van der Waals surface area contributed by atoms with Gasteiger partial charge in [-0.15, -0.1) is 0 Å². The standard InChI is InChI=1S/C21H20Cl2N2/c22-13-7-8-14(17(23)11-13)16-12-24-21(9-3-4-10-21)20-19(16)15-5-1-2-6-18(15)25-20/h1-2,5-8,11,16,24-25H,3-4,9-10,12H2/t16-/m1/s1. The van der Waals surface area contributed by atoms with Crippen LogP contribution in [0.3, 0.4) is 0 Å². The molecule has 25 heavy (non-hydrogen) atoms. The third-order valence-electron chi connectivity index (χ3n) is 6.01. The van der Waals surface area contributed by atoms with Crippen molar-refractivity contribution >= 4 is 34.1 Å². The Kier molecular flexibility index (Phi) is 3.63. The number of hydrogen-bond donors (Lipinski definition) is 2. The van der Waals surface area contributed by atoms with Gasteiger partial charge in [-0.05, 0) is 42.2 Å². The van der Waals surface area contributed by atoms with Crippen LogP contribution in [0.1, 0.15) is 48.4 Å². The first kappa shape index (κ1) is 15.7. The van der Waals surface area contributed by atoms with Gasteiger partial charge in [0.15, 0.2) is 0 Å². The molecule has 4 heteroatoms. The maximum absolute atomic E-state index is 6.58. The zero-order chi connectivity index (χ0) is 17.0. The Labute approximate surface area is 157 Å². The monoisotopic (exact) mass is 370 g/mol. The first-order chi connectivity index (χ1) is 12.2. The Hall–Kier alpha value is -1.48. The van der Waals surface area contributed by atoms with Crippen molar-refractivity contribution in [2.24, 2.45) is 0 Å². The average molecular weight is 371 g/mol. The van der Waals surface area contributed by atoms with Crippen molar-refractivity contribution in [1.82, 2.24) is 10.3 Å². The van der Waals surface area contributed by atoms with Gasteiger partial charge in [0.05, 0.1) is 5.54 Å². The van der Waals surface area contributed by atoms with Gasteiger partial charge in [-0.1, -0.05) is 60.3 Å². The van der Waals surface area contributed by atoms with Crippen LogP contribution in [0.25, 0.3) is 10.9 Å². The van der Waals surface area contributed by atoms with E-state index in [9.17, 15) is 0 Å². The summed E-state index contributed by atoms with van der Waals surface area (Å²) in [5.41, 5.74) is 5.26. The Morgan fingerprint density at radius 1 is 1.00 bits per heavy atom. The van der Waals surface area contributed by atoms with Gasteiger partial charge >= 0.3 is 0 Å². The molecule has 3 aromatic rings. The Morgan fingerprint density at radius 2 is 1.80 bits per heavy atom. The van der Waals surface area contributed by atoms with Crippen LogP contribution in [-0.4, -0.2) is 11.5 Å². The summed E-state index contributed by atoms with van der Waals surface area (Å²) in [6, 6.07) is 14.5. The molecule has 1 saturated carbocycles. The van der Waals surface area contributed by atoms with Gasteiger partial charge in [-0.2, -0.15) is 0 Å². The minimum Gasteiger partial charge on any atom is -0.357 e.